The van der Waals surface area contributed by atoms with Crippen LogP contribution in [0, 0.1) is 0 Å². The first kappa shape index (κ1) is 11.9. The number of rotatable bonds is 3. The van der Waals surface area contributed by atoms with Crippen LogP contribution in [0.2, 0.25) is 5.15 Å². The number of aromatic nitrogens is 2. The maximum absolute atomic E-state index is 6.02. The largest absolute Gasteiger partial charge is 0.489 e. The van der Waals surface area contributed by atoms with Crippen LogP contribution in [0.15, 0.2) is 55.0 Å². The Balaban J connectivity index is 1.82. The molecule has 0 N–H and O–H groups in total. The number of hydrogen-bond donors (Lipinski definition) is 0. The SMILES string of the molecule is Clc1nccc2cc(OCc3ccncc3)ccc12. The van der Waals surface area contributed by atoms with Crippen LogP contribution < -0.4 is 4.74 Å². The first-order valence-electron chi connectivity index (χ1n) is 5.89. The summed E-state index contributed by atoms with van der Waals surface area (Å²) in [7, 11) is 0. The minimum absolute atomic E-state index is 0.512. The first-order chi connectivity index (χ1) is 9.33. The summed E-state index contributed by atoms with van der Waals surface area (Å²) >= 11 is 6.02. The second-order valence-corrected chi connectivity index (χ2v) is 4.49. The van der Waals surface area contributed by atoms with Crippen LogP contribution in [0.5, 0.6) is 5.75 Å². The van der Waals surface area contributed by atoms with Gasteiger partial charge in [0.15, 0.2) is 0 Å². The number of pyridine rings is 2. The Morgan fingerprint density at radius 2 is 1.84 bits per heavy atom. The summed E-state index contributed by atoms with van der Waals surface area (Å²) < 4.78 is 5.75. The maximum Gasteiger partial charge on any atom is 0.136 e. The highest BCUT2D eigenvalue weighted by Gasteiger charge is 2.02. The van der Waals surface area contributed by atoms with Gasteiger partial charge in [0, 0.05) is 24.0 Å². The van der Waals surface area contributed by atoms with E-state index in [9.17, 15) is 0 Å². The van der Waals surface area contributed by atoms with Gasteiger partial charge in [0.1, 0.15) is 17.5 Å². The predicted molar refractivity (Wildman–Crippen MR) is 75.3 cm³/mol. The molecule has 3 nitrogen and oxygen atoms in total. The zero-order valence-corrected chi connectivity index (χ0v) is 10.8. The van der Waals surface area contributed by atoms with Crippen LogP contribution in [-0.2, 0) is 6.61 Å². The van der Waals surface area contributed by atoms with Crippen LogP contribution in [0.4, 0.5) is 0 Å². The molecule has 0 bridgehead atoms. The highest BCUT2D eigenvalue weighted by molar-refractivity contribution is 6.34. The molecular formula is C15H11ClN2O. The summed E-state index contributed by atoms with van der Waals surface area (Å²) in [6, 6.07) is 11.6. The molecule has 0 saturated heterocycles. The van der Waals surface area contributed by atoms with Crippen molar-refractivity contribution in [3.63, 3.8) is 0 Å². The van der Waals surface area contributed by atoms with Crippen molar-refractivity contribution >= 4 is 22.4 Å². The van der Waals surface area contributed by atoms with Crippen molar-refractivity contribution in [2.45, 2.75) is 6.61 Å². The molecule has 0 fully saturated rings. The molecule has 0 aliphatic rings. The van der Waals surface area contributed by atoms with Crippen molar-refractivity contribution in [3.05, 3.63) is 65.7 Å². The van der Waals surface area contributed by atoms with Gasteiger partial charge in [-0.1, -0.05) is 11.6 Å². The molecule has 0 radical (unpaired) electrons. The third-order valence-corrected chi connectivity index (χ3v) is 3.14. The summed E-state index contributed by atoms with van der Waals surface area (Å²) in [5, 5.41) is 2.46. The average molecular weight is 271 g/mol. The molecule has 0 aliphatic heterocycles. The molecule has 0 amide bonds. The lowest BCUT2D eigenvalue weighted by Crippen LogP contribution is -1.95. The van der Waals surface area contributed by atoms with E-state index in [1.165, 1.54) is 0 Å². The van der Waals surface area contributed by atoms with E-state index in [2.05, 4.69) is 9.97 Å². The van der Waals surface area contributed by atoms with Crippen molar-refractivity contribution in [2.24, 2.45) is 0 Å². The summed E-state index contributed by atoms with van der Waals surface area (Å²) in [5.74, 6) is 0.812. The Kier molecular flexibility index (Phi) is 3.29. The summed E-state index contributed by atoms with van der Waals surface area (Å²) in [6.07, 6.45) is 5.20. The highest BCUT2D eigenvalue weighted by Crippen LogP contribution is 2.25. The number of halogens is 1. The van der Waals surface area contributed by atoms with E-state index in [-0.39, 0.29) is 0 Å². The highest BCUT2D eigenvalue weighted by atomic mass is 35.5. The fraction of sp³-hybridized carbons (Fsp3) is 0.0667. The Bertz CT molecular complexity index is 701. The molecule has 3 rings (SSSR count). The molecule has 0 aliphatic carbocycles. The maximum atomic E-state index is 6.02. The monoisotopic (exact) mass is 270 g/mol. The number of hydrogen-bond acceptors (Lipinski definition) is 3. The van der Waals surface area contributed by atoms with Gasteiger partial charge in [-0.15, -0.1) is 0 Å². The quantitative estimate of drug-likeness (QED) is 0.678. The van der Waals surface area contributed by atoms with E-state index in [4.69, 9.17) is 16.3 Å². The molecule has 4 heteroatoms. The molecule has 0 spiro atoms. The second kappa shape index (κ2) is 5.24. The van der Waals surface area contributed by atoms with Gasteiger partial charge in [0.25, 0.3) is 0 Å². The molecule has 0 saturated carbocycles. The van der Waals surface area contributed by atoms with Crippen LogP contribution in [0.25, 0.3) is 10.8 Å². The third-order valence-electron chi connectivity index (χ3n) is 2.84. The van der Waals surface area contributed by atoms with Crippen molar-refractivity contribution in [2.75, 3.05) is 0 Å². The standard InChI is InChI=1S/C15H11ClN2O/c16-15-14-2-1-13(9-12(14)5-8-18-15)19-10-11-3-6-17-7-4-11/h1-9H,10H2. The number of fused-ring (bicyclic) bond motifs is 1. The van der Waals surface area contributed by atoms with Crippen LogP contribution in [0.1, 0.15) is 5.56 Å². The predicted octanol–water partition coefficient (Wildman–Crippen LogP) is 3.86. The fourth-order valence-electron chi connectivity index (χ4n) is 1.85. The van der Waals surface area contributed by atoms with Crippen LogP contribution >= 0.6 is 11.6 Å². The van der Waals surface area contributed by atoms with E-state index in [1.807, 2.05) is 36.4 Å². The molecule has 19 heavy (non-hydrogen) atoms. The van der Waals surface area contributed by atoms with Crippen LogP contribution in [0.3, 0.4) is 0 Å². The molecule has 0 unspecified atom stereocenters. The number of benzene rings is 1. The lowest BCUT2D eigenvalue weighted by atomic mass is 10.2. The van der Waals surface area contributed by atoms with E-state index >= 15 is 0 Å². The van der Waals surface area contributed by atoms with Gasteiger partial charge in [-0.05, 0) is 47.3 Å². The van der Waals surface area contributed by atoms with Crippen molar-refractivity contribution in [3.8, 4) is 5.75 Å². The Morgan fingerprint density at radius 3 is 2.68 bits per heavy atom. The lowest BCUT2D eigenvalue weighted by Gasteiger charge is -2.07. The van der Waals surface area contributed by atoms with Gasteiger partial charge in [0.05, 0.1) is 0 Å². The molecule has 3 aromatic rings. The molecular weight excluding hydrogens is 260 g/mol. The van der Waals surface area contributed by atoms with Crippen LogP contribution in [-0.4, -0.2) is 9.97 Å². The van der Waals surface area contributed by atoms with Gasteiger partial charge in [0.2, 0.25) is 0 Å². The fourth-order valence-corrected chi connectivity index (χ4v) is 2.08. The van der Waals surface area contributed by atoms with E-state index in [1.54, 1.807) is 18.6 Å². The summed E-state index contributed by atoms with van der Waals surface area (Å²) in [5.41, 5.74) is 1.09. The minimum Gasteiger partial charge on any atom is -0.489 e. The average Bonchev–Trinajstić information content (AvgIpc) is 2.46. The van der Waals surface area contributed by atoms with Gasteiger partial charge in [-0.3, -0.25) is 4.98 Å². The van der Waals surface area contributed by atoms with E-state index < -0.39 is 0 Å². The Labute approximate surface area is 115 Å². The second-order valence-electron chi connectivity index (χ2n) is 4.13. The molecule has 2 heterocycles. The number of ether oxygens (including phenoxy) is 1. The van der Waals surface area contributed by atoms with Gasteiger partial charge >= 0.3 is 0 Å². The number of nitrogens with zero attached hydrogens (tertiary/aromatic N) is 2. The van der Waals surface area contributed by atoms with Crippen molar-refractivity contribution in [1.82, 2.24) is 9.97 Å². The third kappa shape index (κ3) is 2.66. The summed E-state index contributed by atoms with van der Waals surface area (Å²) in [6.45, 7) is 0.521. The van der Waals surface area contributed by atoms with E-state index in [0.717, 1.165) is 22.1 Å². The molecule has 1 aromatic carbocycles. The molecule has 0 atom stereocenters. The summed E-state index contributed by atoms with van der Waals surface area (Å²) in [4.78, 5) is 8.02. The zero-order chi connectivity index (χ0) is 13.1. The normalized spacial score (nSPS) is 10.6. The Hall–Kier alpha value is -2.13. The molecule has 94 valence electrons. The molecule has 2 aromatic heterocycles. The van der Waals surface area contributed by atoms with Gasteiger partial charge in [-0.25, -0.2) is 4.98 Å². The topological polar surface area (TPSA) is 35.0 Å². The van der Waals surface area contributed by atoms with E-state index in [0.29, 0.717) is 11.8 Å². The smallest absolute Gasteiger partial charge is 0.136 e. The van der Waals surface area contributed by atoms with Crippen molar-refractivity contribution < 1.29 is 4.74 Å². The van der Waals surface area contributed by atoms with Gasteiger partial charge in [-0.2, -0.15) is 0 Å². The minimum atomic E-state index is 0.512. The van der Waals surface area contributed by atoms with Crippen molar-refractivity contribution in [1.29, 1.82) is 0 Å². The zero-order valence-electron chi connectivity index (χ0n) is 10.1. The first-order valence-corrected chi connectivity index (χ1v) is 6.27. The Morgan fingerprint density at radius 1 is 1.00 bits per heavy atom. The van der Waals surface area contributed by atoms with Gasteiger partial charge < -0.3 is 4.74 Å². The lowest BCUT2D eigenvalue weighted by molar-refractivity contribution is 0.306.